The molecular formula is C11H12N4O4S. The highest BCUT2D eigenvalue weighted by Gasteiger charge is 2.60. The third-order valence-electron chi connectivity index (χ3n) is 2.94. The fourth-order valence-corrected chi connectivity index (χ4v) is 4.04. The molecule has 1 unspecified atom stereocenters. The largest absolute Gasteiger partial charge is 0.536 e. The number of hydrogen-bond acceptors (Lipinski definition) is 7. The molecule has 0 bridgehead atoms. The molecule has 1 aliphatic heterocycles. The van der Waals surface area contributed by atoms with E-state index >= 15 is 0 Å². The van der Waals surface area contributed by atoms with Crippen LogP contribution in [0.2, 0.25) is 0 Å². The lowest BCUT2D eigenvalue weighted by Crippen LogP contribution is -2.42. The van der Waals surface area contributed by atoms with E-state index in [4.69, 9.17) is 0 Å². The summed E-state index contributed by atoms with van der Waals surface area (Å²) < 4.78 is 25.3. The fraction of sp³-hybridized carbons (Fsp3) is 0.364. The molecule has 1 aromatic carbocycles. The summed E-state index contributed by atoms with van der Waals surface area (Å²) in [7, 11) is -4.44. The zero-order valence-electron chi connectivity index (χ0n) is 11.1. The van der Waals surface area contributed by atoms with Crippen molar-refractivity contribution in [3.63, 3.8) is 0 Å². The first-order chi connectivity index (χ1) is 9.22. The quantitative estimate of drug-likeness (QED) is 0.624. The Bertz CT molecular complexity index is 717. The number of aryl methyl sites for hydroxylation is 3. The van der Waals surface area contributed by atoms with Gasteiger partial charge in [0.1, 0.15) is 6.34 Å². The first-order valence-electron chi connectivity index (χ1n) is 5.65. The summed E-state index contributed by atoms with van der Waals surface area (Å²) in [5.41, 5.74) is 1.70. The van der Waals surface area contributed by atoms with Crippen LogP contribution in [0, 0.1) is 30.9 Å². The first kappa shape index (κ1) is 14.3. The van der Waals surface area contributed by atoms with Gasteiger partial charge in [0.05, 0.1) is 9.82 Å². The maximum atomic E-state index is 12.6. The molecule has 0 N–H and O–H groups in total. The van der Waals surface area contributed by atoms with E-state index in [9.17, 15) is 18.5 Å². The monoisotopic (exact) mass is 296 g/mol. The molecule has 9 heteroatoms. The van der Waals surface area contributed by atoms with Crippen LogP contribution in [0.25, 0.3) is 0 Å². The van der Waals surface area contributed by atoms with Crippen molar-refractivity contribution in [2.75, 3.05) is 0 Å². The highest BCUT2D eigenvalue weighted by atomic mass is 32.2. The molecule has 0 fully saturated rings. The highest BCUT2D eigenvalue weighted by molar-refractivity contribution is 7.92. The maximum Gasteiger partial charge on any atom is 0.536 e. The number of hydrogen-bond donors (Lipinski definition) is 0. The van der Waals surface area contributed by atoms with Gasteiger partial charge in [-0.05, 0) is 31.9 Å². The third-order valence-corrected chi connectivity index (χ3v) is 5.18. The SMILES string of the molecule is Cc1cc(C)c(S(=O)(=O)C2([N+](=O)[O-])N=CN=N2)c(C)c1. The van der Waals surface area contributed by atoms with E-state index in [0.717, 1.165) is 11.9 Å². The van der Waals surface area contributed by atoms with Crippen molar-refractivity contribution in [3.8, 4) is 0 Å². The van der Waals surface area contributed by atoms with Crippen LogP contribution < -0.4 is 0 Å². The number of benzene rings is 1. The maximum absolute atomic E-state index is 12.6. The standard InChI is InChI=1S/C11H12N4O4S/c1-7-4-8(2)10(9(3)5-7)20(18,19)11(15(16)17)12-6-13-14-11/h4-6H,1-3H3. The number of rotatable bonds is 3. The topological polar surface area (TPSA) is 114 Å². The molecular weight excluding hydrogens is 284 g/mol. The predicted octanol–water partition coefficient (Wildman–Crippen LogP) is 1.77. The molecule has 8 nitrogen and oxygen atoms in total. The van der Waals surface area contributed by atoms with Crippen LogP contribution in [-0.4, -0.2) is 24.8 Å². The van der Waals surface area contributed by atoms with Gasteiger partial charge >= 0.3 is 5.12 Å². The Kier molecular flexibility index (Phi) is 3.17. The van der Waals surface area contributed by atoms with Crippen LogP contribution in [0.1, 0.15) is 16.7 Å². The average Bonchev–Trinajstić information content (AvgIpc) is 2.76. The second kappa shape index (κ2) is 4.44. The van der Waals surface area contributed by atoms with Crippen LogP contribution in [0.15, 0.2) is 32.2 Å². The van der Waals surface area contributed by atoms with E-state index < -0.39 is 19.9 Å². The molecule has 1 heterocycles. The summed E-state index contributed by atoms with van der Waals surface area (Å²) in [6.45, 7) is 4.97. The van der Waals surface area contributed by atoms with Gasteiger partial charge < -0.3 is 0 Å². The van der Waals surface area contributed by atoms with Crippen molar-refractivity contribution >= 4 is 16.2 Å². The minimum atomic E-state index is -4.44. The smallest absolute Gasteiger partial charge is 0.259 e. The lowest BCUT2D eigenvalue weighted by molar-refractivity contribution is -0.536. The second-order valence-electron chi connectivity index (χ2n) is 4.52. The summed E-state index contributed by atoms with van der Waals surface area (Å²) in [6.07, 6.45) is 0.777. The van der Waals surface area contributed by atoms with Crippen molar-refractivity contribution in [2.24, 2.45) is 15.2 Å². The van der Waals surface area contributed by atoms with Crippen LogP contribution >= 0.6 is 0 Å². The minimum absolute atomic E-state index is 0.127. The zero-order valence-corrected chi connectivity index (χ0v) is 11.9. The summed E-state index contributed by atoms with van der Waals surface area (Å²) >= 11 is 0. The van der Waals surface area contributed by atoms with Crippen molar-refractivity contribution in [2.45, 2.75) is 30.8 Å². The van der Waals surface area contributed by atoms with Crippen LogP contribution in [0.3, 0.4) is 0 Å². The van der Waals surface area contributed by atoms with E-state index in [1.807, 2.05) is 6.92 Å². The fourth-order valence-electron chi connectivity index (χ4n) is 2.26. The second-order valence-corrected chi connectivity index (χ2v) is 6.49. The predicted molar refractivity (Wildman–Crippen MR) is 70.9 cm³/mol. The molecule has 1 aliphatic rings. The normalized spacial score (nSPS) is 21.4. The van der Waals surface area contributed by atoms with Gasteiger partial charge in [0.25, 0.3) is 9.84 Å². The van der Waals surface area contributed by atoms with Gasteiger partial charge in [-0.3, -0.25) is 10.1 Å². The van der Waals surface area contributed by atoms with Crippen molar-refractivity contribution in [3.05, 3.63) is 38.9 Å². The Hall–Kier alpha value is -2.16. The number of aliphatic imine (C=N–C) groups is 1. The van der Waals surface area contributed by atoms with Crippen molar-refractivity contribution in [1.29, 1.82) is 0 Å². The van der Waals surface area contributed by atoms with Gasteiger partial charge in [-0.1, -0.05) is 22.8 Å². The van der Waals surface area contributed by atoms with E-state index in [-0.39, 0.29) is 4.90 Å². The lowest BCUT2D eigenvalue weighted by atomic mass is 10.1. The molecule has 0 amide bonds. The van der Waals surface area contributed by atoms with Crippen LogP contribution in [0.5, 0.6) is 0 Å². The molecule has 0 aromatic heterocycles. The third kappa shape index (κ3) is 1.82. The molecule has 0 saturated heterocycles. The van der Waals surface area contributed by atoms with Gasteiger partial charge in [-0.2, -0.15) is 4.99 Å². The van der Waals surface area contributed by atoms with Gasteiger partial charge in [0.2, 0.25) is 0 Å². The first-order valence-corrected chi connectivity index (χ1v) is 7.13. The van der Waals surface area contributed by atoms with Gasteiger partial charge in [0.15, 0.2) is 0 Å². The number of azo groups is 1. The summed E-state index contributed by atoms with van der Waals surface area (Å²) in [5, 5.41) is 14.9. The summed E-state index contributed by atoms with van der Waals surface area (Å²) in [4.78, 5) is 13.4. The zero-order chi connectivity index (χ0) is 15.1. The van der Waals surface area contributed by atoms with Crippen molar-refractivity contribution in [1.82, 2.24) is 0 Å². The molecule has 0 saturated carbocycles. The minimum Gasteiger partial charge on any atom is -0.259 e. The Balaban J connectivity index is 2.78. The molecule has 0 radical (unpaired) electrons. The van der Waals surface area contributed by atoms with Gasteiger partial charge in [0, 0.05) is 0 Å². The summed E-state index contributed by atoms with van der Waals surface area (Å²) in [6, 6.07) is 3.28. The number of sulfone groups is 1. The molecule has 2 rings (SSSR count). The van der Waals surface area contributed by atoms with Crippen LogP contribution in [0.4, 0.5) is 0 Å². The van der Waals surface area contributed by atoms with Gasteiger partial charge in [-0.15, -0.1) is 5.11 Å². The van der Waals surface area contributed by atoms with Gasteiger partial charge in [-0.25, -0.2) is 8.42 Å². The van der Waals surface area contributed by atoms with E-state index in [0.29, 0.717) is 11.1 Å². The number of nitro groups is 1. The highest BCUT2D eigenvalue weighted by Crippen LogP contribution is 2.35. The molecule has 20 heavy (non-hydrogen) atoms. The molecule has 1 aromatic rings. The summed E-state index contributed by atoms with van der Waals surface area (Å²) in [5.74, 6) is 0. The molecule has 106 valence electrons. The van der Waals surface area contributed by atoms with E-state index in [1.165, 1.54) is 0 Å². The van der Waals surface area contributed by atoms with Crippen molar-refractivity contribution < 1.29 is 13.3 Å². The molecule has 0 spiro atoms. The van der Waals surface area contributed by atoms with E-state index in [2.05, 4.69) is 15.2 Å². The molecule has 1 atom stereocenters. The Morgan fingerprint density at radius 1 is 1.20 bits per heavy atom. The van der Waals surface area contributed by atoms with Crippen LogP contribution in [-0.2, 0) is 9.84 Å². The lowest BCUT2D eigenvalue weighted by Gasteiger charge is -2.16. The Morgan fingerprint density at radius 2 is 1.75 bits per heavy atom. The van der Waals surface area contributed by atoms with E-state index in [1.54, 1.807) is 26.0 Å². The Morgan fingerprint density at radius 3 is 2.15 bits per heavy atom. The number of nitrogens with zero attached hydrogens (tertiary/aromatic N) is 4. The Labute approximate surface area is 115 Å². The average molecular weight is 296 g/mol. The molecule has 0 aliphatic carbocycles.